The van der Waals surface area contributed by atoms with Crippen molar-refractivity contribution >= 4 is 50.0 Å². The number of piperazine rings is 1. The van der Waals surface area contributed by atoms with Gasteiger partial charge < -0.3 is 9.80 Å². The molecule has 1 amide bonds. The smallest absolute Gasteiger partial charge is 0.254 e. The summed E-state index contributed by atoms with van der Waals surface area (Å²) < 4.78 is 0.920. The van der Waals surface area contributed by atoms with Crippen molar-refractivity contribution in [2.75, 3.05) is 31.1 Å². The Labute approximate surface area is 165 Å². The first-order valence-electron chi connectivity index (χ1n) is 8.46. The molecule has 6 heteroatoms. The van der Waals surface area contributed by atoms with E-state index in [1.165, 1.54) is 0 Å². The van der Waals surface area contributed by atoms with Gasteiger partial charge in [0.2, 0.25) is 0 Å². The van der Waals surface area contributed by atoms with E-state index in [4.69, 9.17) is 11.6 Å². The predicted molar refractivity (Wildman–Crippen MR) is 109 cm³/mol. The molecule has 0 unspecified atom stereocenters. The molecule has 1 fully saturated rings. The molecule has 2 heterocycles. The Balaban J connectivity index is 1.51. The summed E-state index contributed by atoms with van der Waals surface area (Å²) in [5.41, 5.74) is 2.75. The monoisotopic (exact) mass is 429 g/mol. The van der Waals surface area contributed by atoms with Gasteiger partial charge in [0.25, 0.3) is 5.91 Å². The van der Waals surface area contributed by atoms with Crippen LogP contribution in [0.5, 0.6) is 0 Å². The normalized spacial score (nSPS) is 14.7. The SMILES string of the molecule is O=C(c1cccc(Br)c1)N1CCN(c2ccnc3cc(Cl)ccc23)CC1. The van der Waals surface area contributed by atoms with Gasteiger partial charge in [-0.25, -0.2) is 0 Å². The molecule has 1 aliphatic heterocycles. The molecule has 26 heavy (non-hydrogen) atoms. The molecule has 1 aliphatic rings. The van der Waals surface area contributed by atoms with Crippen LogP contribution in [-0.2, 0) is 0 Å². The first-order valence-corrected chi connectivity index (χ1v) is 9.63. The number of fused-ring (bicyclic) bond motifs is 1. The molecule has 0 atom stereocenters. The number of benzene rings is 2. The van der Waals surface area contributed by atoms with Crippen molar-refractivity contribution in [3.8, 4) is 0 Å². The zero-order valence-electron chi connectivity index (χ0n) is 14.0. The quantitative estimate of drug-likeness (QED) is 0.595. The van der Waals surface area contributed by atoms with E-state index in [0.29, 0.717) is 18.1 Å². The van der Waals surface area contributed by atoms with Crippen LogP contribution in [0.15, 0.2) is 59.2 Å². The second kappa shape index (κ2) is 7.25. The van der Waals surface area contributed by atoms with Crippen molar-refractivity contribution in [1.29, 1.82) is 0 Å². The number of carbonyl (C=O) groups excluding carboxylic acids is 1. The minimum Gasteiger partial charge on any atom is -0.367 e. The number of rotatable bonds is 2. The minimum absolute atomic E-state index is 0.0809. The maximum absolute atomic E-state index is 12.7. The molecule has 4 nitrogen and oxygen atoms in total. The van der Waals surface area contributed by atoms with E-state index in [-0.39, 0.29) is 5.91 Å². The number of nitrogens with zero attached hydrogens (tertiary/aromatic N) is 3. The van der Waals surface area contributed by atoms with E-state index < -0.39 is 0 Å². The van der Waals surface area contributed by atoms with Gasteiger partial charge in [-0.2, -0.15) is 0 Å². The second-order valence-corrected chi connectivity index (χ2v) is 7.63. The first-order chi connectivity index (χ1) is 12.6. The standard InChI is InChI=1S/C20H17BrClN3O/c21-15-3-1-2-14(12-15)20(26)25-10-8-24(9-11-25)19-6-7-23-18-13-16(22)4-5-17(18)19/h1-7,12-13H,8-11H2. The molecule has 2 aromatic carbocycles. The molecule has 3 aromatic rings. The van der Waals surface area contributed by atoms with E-state index in [0.717, 1.165) is 39.7 Å². The van der Waals surface area contributed by atoms with Gasteiger partial charge >= 0.3 is 0 Å². The summed E-state index contributed by atoms with van der Waals surface area (Å²) >= 11 is 9.51. The van der Waals surface area contributed by atoms with Crippen LogP contribution in [0.2, 0.25) is 5.02 Å². The largest absolute Gasteiger partial charge is 0.367 e. The number of amides is 1. The summed E-state index contributed by atoms with van der Waals surface area (Å²) in [5, 5.41) is 1.77. The molecule has 4 rings (SSSR count). The predicted octanol–water partition coefficient (Wildman–Crippen LogP) is 4.61. The summed E-state index contributed by atoms with van der Waals surface area (Å²) in [6.45, 7) is 2.98. The van der Waals surface area contributed by atoms with Crippen molar-refractivity contribution in [3.05, 3.63) is 69.8 Å². The van der Waals surface area contributed by atoms with Crippen molar-refractivity contribution < 1.29 is 4.79 Å². The van der Waals surface area contributed by atoms with Gasteiger partial charge in [0, 0.05) is 58.5 Å². The lowest BCUT2D eigenvalue weighted by molar-refractivity contribution is 0.0747. The zero-order chi connectivity index (χ0) is 18.1. The van der Waals surface area contributed by atoms with Crippen LogP contribution in [0, 0.1) is 0 Å². The van der Waals surface area contributed by atoms with E-state index in [9.17, 15) is 4.79 Å². The molecule has 1 aromatic heterocycles. The van der Waals surface area contributed by atoms with Crippen LogP contribution >= 0.6 is 27.5 Å². The Morgan fingerprint density at radius 2 is 1.85 bits per heavy atom. The Bertz CT molecular complexity index is 970. The fraction of sp³-hybridized carbons (Fsp3) is 0.200. The number of aromatic nitrogens is 1. The number of halogens is 2. The summed E-state index contributed by atoms with van der Waals surface area (Å²) in [6.07, 6.45) is 1.81. The van der Waals surface area contributed by atoms with Gasteiger partial charge in [-0.3, -0.25) is 9.78 Å². The number of hydrogen-bond donors (Lipinski definition) is 0. The van der Waals surface area contributed by atoms with Crippen LogP contribution in [0.1, 0.15) is 10.4 Å². The Morgan fingerprint density at radius 3 is 2.62 bits per heavy atom. The fourth-order valence-corrected chi connectivity index (χ4v) is 3.90. The van der Waals surface area contributed by atoms with Gasteiger partial charge in [-0.15, -0.1) is 0 Å². The van der Waals surface area contributed by atoms with E-state index >= 15 is 0 Å². The molecule has 0 aliphatic carbocycles. The van der Waals surface area contributed by atoms with Gasteiger partial charge in [0.1, 0.15) is 0 Å². The van der Waals surface area contributed by atoms with E-state index in [2.05, 4.69) is 25.8 Å². The van der Waals surface area contributed by atoms with E-state index in [1.807, 2.05) is 59.6 Å². The number of carbonyl (C=O) groups is 1. The van der Waals surface area contributed by atoms with Crippen LogP contribution in [0.3, 0.4) is 0 Å². The summed E-state index contributed by atoms with van der Waals surface area (Å²) in [4.78, 5) is 21.3. The third-order valence-electron chi connectivity index (χ3n) is 4.66. The van der Waals surface area contributed by atoms with Crippen LogP contribution in [0.25, 0.3) is 10.9 Å². The molecule has 132 valence electrons. The van der Waals surface area contributed by atoms with Crippen molar-refractivity contribution in [2.45, 2.75) is 0 Å². The molecule has 0 spiro atoms. The molecular formula is C20H17BrClN3O. The van der Waals surface area contributed by atoms with Crippen LogP contribution in [0.4, 0.5) is 5.69 Å². The fourth-order valence-electron chi connectivity index (χ4n) is 3.34. The highest BCUT2D eigenvalue weighted by Crippen LogP contribution is 2.28. The number of anilines is 1. The zero-order valence-corrected chi connectivity index (χ0v) is 16.4. The molecular weight excluding hydrogens is 414 g/mol. The average Bonchev–Trinajstić information content (AvgIpc) is 2.67. The highest BCUT2D eigenvalue weighted by Gasteiger charge is 2.23. The van der Waals surface area contributed by atoms with Gasteiger partial charge in [0.05, 0.1) is 5.52 Å². The minimum atomic E-state index is 0.0809. The maximum Gasteiger partial charge on any atom is 0.254 e. The lowest BCUT2D eigenvalue weighted by Gasteiger charge is -2.36. The molecule has 0 saturated carbocycles. The average molecular weight is 431 g/mol. The third-order valence-corrected chi connectivity index (χ3v) is 5.39. The molecule has 0 N–H and O–H groups in total. The molecule has 0 bridgehead atoms. The number of pyridine rings is 1. The van der Waals surface area contributed by atoms with Gasteiger partial charge in [-0.05, 0) is 42.5 Å². The van der Waals surface area contributed by atoms with Crippen molar-refractivity contribution in [2.24, 2.45) is 0 Å². The highest BCUT2D eigenvalue weighted by molar-refractivity contribution is 9.10. The molecule has 0 radical (unpaired) electrons. The van der Waals surface area contributed by atoms with Crippen LogP contribution in [-0.4, -0.2) is 42.0 Å². The Hall–Kier alpha value is -2.11. The first kappa shape index (κ1) is 17.3. The topological polar surface area (TPSA) is 36.4 Å². The van der Waals surface area contributed by atoms with E-state index in [1.54, 1.807) is 0 Å². The summed E-state index contributed by atoms with van der Waals surface area (Å²) in [5.74, 6) is 0.0809. The Kier molecular flexibility index (Phi) is 4.83. The highest BCUT2D eigenvalue weighted by atomic mass is 79.9. The maximum atomic E-state index is 12.7. The second-order valence-electron chi connectivity index (χ2n) is 6.28. The molecule has 1 saturated heterocycles. The summed E-state index contributed by atoms with van der Waals surface area (Å²) in [7, 11) is 0. The lowest BCUT2D eigenvalue weighted by atomic mass is 10.1. The third kappa shape index (κ3) is 3.41. The van der Waals surface area contributed by atoms with Crippen molar-refractivity contribution in [3.63, 3.8) is 0 Å². The lowest BCUT2D eigenvalue weighted by Crippen LogP contribution is -2.48. The number of hydrogen-bond acceptors (Lipinski definition) is 3. The van der Waals surface area contributed by atoms with Crippen LogP contribution < -0.4 is 4.90 Å². The van der Waals surface area contributed by atoms with Crippen molar-refractivity contribution in [1.82, 2.24) is 9.88 Å². The van der Waals surface area contributed by atoms with Gasteiger partial charge in [0.15, 0.2) is 0 Å². The Morgan fingerprint density at radius 1 is 1.04 bits per heavy atom. The summed E-state index contributed by atoms with van der Waals surface area (Å²) in [6, 6.07) is 15.4. The van der Waals surface area contributed by atoms with Gasteiger partial charge in [-0.1, -0.05) is 33.6 Å².